The molecule has 286 valence electrons. The van der Waals surface area contributed by atoms with Crippen LogP contribution in [0, 0.1) is 0 Å². The van der Waals surface area contributed by atoms with E-state index in [9.17, 15) is 0 Å². The summed E-state index contributed by atoms with van der Waals surface area (Å²) in [5, 5.41) is 7.12. The van der Waals surface area contributed by atoms with Crippen molar-refractivity contribution in [1.82, 2.24) is 4.57 Å². The molecule has 3 heteroatoms. The van der Waals surface area contributed by atoms with Gasteiger partial charge in [-0.05, 0) is 117 Å². The standard InChI is InChI=1S/C58H38N2O/c1-3-12-39(13-4-1)41-26-32-47(33-27-41)59(54-20-11-21-55-58(54)57-49-17-8-7-14-44(49)31-37-56(57)61-55)48-34-28-42(29-35-48)40-22-24-43(25-23-40)45-30-36-53-51(38-45)50-18-9-10-19-52(50)60(53)46-15-5-2-6-16-46/h1-38H. The van der Waals surface area contributed by atoms with Gasteiger partial charge in [-0.3, -0.25) is 0 Å². The first-order valence-electron chi connectivity index (χ1n) is 20.8. The second-order valence-corrected chi connectivity index (χ2v) is 15.7. The van der Waals surface area contributed by atoms with E-state index in [0.717, 1.165) is 44.6 Å². The van der Waals surface area contributed by atoms with E-state index in [1.54, 1.807) is 0 Å². The number of fused-ring (bicyclic) bond motifs is 8. The summed E-state index contributed by atoms with van der Waals surface area (Å²) in [7, 11) is 0. The number of furan rings is 1. The maximum absolute atomic E-state index is 6.55. The molecule has 2 aromatic heterocycles. The molecule has 0 saturated heterocycles. The topological polar surface area (TPSA) is 21.3 Å². The van der Waals surface area contributed by atoms with Crippen molar-refractivity contribution in [3.63, 3.8) is 0 Å². The highest BCUT2D eigenvalue weighted by atomic mass is 16.3. The summed E-state index contributed by atoms with van der Waals surface area (Å²) >= 11 is 0. The number of hydrogen-bond donors (Lipinski definition) is 0. The lowest BCUT2D eigenvalue weighted by Crippen LogP contribution is -2.10. The summed E-state index contributed by atoms with van der Waals surface area (Å²) in [5.74, 6) is 0. The third-order valence-corrected chi connectivity index (χ3v) is 12.2. The molecule has 0 unspecified atom stereocenters. The van der Waals surface area contributed by atoms with Crippen molar-refractivity contribution in [3.8, 4) is 39.1 Å². The lowest BCUT2D eigenvalue weighted by molar-refractivity contribution is 0.669. The van der Waals surface area contributed by atoms with Crippen molar-refractivity contribution in [3.05, 3.63) is 231 Å². The summed E-state index contributed by atoms with van der Waals surface area (Å²) in [6, 6.07) is 82.8. The molecule has 0 saturated carbocycles. The lowest BCUT2D eigenvalue weighted by atomic mass is 9.98. The van der Waals surface area contributed by atoms with Crippen LogP contribution in [0.25, 0.3) is 93.6 Å². The minimum atomic E-state index is 0.868. The Morgan fingerprint density at radius 3 is 1.56 bits per heavy atom. The molecular weight excluding hydrogens is 741 g/mol. The van der Waals surface area contributed by atoms with Crippen molar-refractivity contribution < 1.29 is 4.42 Å². The van der Waals surface area contributed by atoms with Crippen molar-refractivity contribution in [1.29, 1.82) is 0 Å². The summed E-state index contributed by atoms with van der Waals surface area (Å²) in [4.78, 5) is 2.37. The Balaban J connectivity index is 0.927. The van der Waals surface area contributed by atoms with Crippen LogP contribution in [0.2, 0.25) is 0 Å². The van der Waals surface area contributed by atoms with Gasteiger partial charge in [0, 0.05) is 33.2 Å². The molecule has 3 nitrogen and oxygen atoms in total. The predicted octanol–water partition coefficient (Wildman–Crippen LogP) is 16.3. The molecular formula is C58H38N2O. The zero-order valence-corrected chi connectivity index (χ0v) is 33.2. The lowest BCUT2D eigenvalue weighted by Gasteiger charge is -2.27. The molecule has 0 aliphatic carbocycles. The second-order valence-electron chi connectivity index (χ2n) is 15.7. The van der Waals surface area contributed by atoms with Crippen LogP contribution in [0.3, 0.4) is 0 Å². The van der Waals surface area contributed by atoms with Gasteiger partial charge in [0.05, 0.1) is 22.1 Å². The van der Waals surface area contributed by atoms with Crippen molar-refractivity contribution in [2.45, 2.75) is 0 Å². The van der Waals surface area contributed by atoms with Crippen LogP contribution >= 0.6 is 0 Å². The Morgan fingerprint density at radius 1 is 0.328 bits per heavy atom. The molecule has 0 bridgehead atoms. The first-order valence-corrected chi connectivity index (χ1v) is 20.8. The zero-order valence-electron chi connectivity index (χ0n) is 33.2. The van der Waals surface area contributed by atoms with Gasteiger partial charge in [-0.1, -0.05) is 158 Å². The van der Waals surface area contributed by atoms with Gasteiger partial charge in [-0.15, -0.1) is 0 Å². The van der Waals surface area contributed by atoms with Crippen LogP contribution < -0.4 is 4.90 Å². The Hall–Kier alpha value is -8.14. The van der Waals surface area contributed by atoms with Crippen LogP contribution in [0.15, 0.2) is 235 Å². The summed E-state index contributed by atoms with van der Waals surface area (Å²) in [6.07, 6.45) is 0. The highest BCUT2D eigenvalue weighted by molar-refractivity contribution is 6.23. The first-order chi connectivity index (χ1) is 30.2. The van der Waals surface area contributed by atoms with E-state index in [1.807, 2.05) is 0 Å². The van der Waals surface area contributed by atoms with Gasteiger partial charge in [-0.2, -0.15) is 0 Å². The third kappa shape index (κ3) is 5.90. The van der Waals surface area contributed by atoms with E-state index in [0.29, 0.717) is 0 Å². The van der Waals surface area contributed by atoms with Crippen LogP contribution in [-0.4, -0.2) is 4.57 Å². The fraction of sp³-hybridized carbons (Fsp3) is 0. The molecule has 0 radical (unpaired) electrons. The molecule has 2 heterocycles. The maximum atomic E-state index is 6.55. The summed E-state index contributed by atoms with van der Waals surface area (Å²) < 4.78 is 8.91. The molecule has 0 spiro atoms. The fourth-order valence-electron chi connectivity index (χ4n) is 9.28. The van der Waals surface area contributed by atoms with Crippen LogP contribution in [0.1, 0.15) is 0 Å². The average Bonchev–Trinajstić information content (AvgIpc) is 3.89. The fourth-order valence-corrected chi connectivity index (χ4v) is 9.28. The molecule has 12 aromatic rings. The van der Waals surface area contributed by atoms with Gasteiger partial charge in [0.1, 0.15) is 11.2 Å². The van der Waals surface area contributed by atoms with Gasteiger partial charge < -0.3 is 13.9 Å². The molecule has 0 atom stereocenters. The van der Waals surface area contributed by atoms with Gasteiger partial charge in [-0.25, -0.2) is 0 Å². The number of benzene rings is 10. The number of anilines is 3. The molecule has 0 aliphatic rings. The van der Waals surface area contributed by atoms with E-state index >= 15 is 0 Å². The van der Waals surface area contributed by atoms with Crippen molar-refractivity contribution in [2.75, 3.05) is 4.90 Å². The Kier molecular flexibility index (Phi) is 8.17. The quantitative estimate of drug-likeness (QED) is 0.161. The third-order valence-electron chi connectivity index (χ3n) is 12.2. The maximum Gasteiger partial charge on any atom is 0.137 e. The van der Waals surface area contributed by atoms with Crippen molar-refractivity contribution >= 4 is 71.6 Å². The van der Waals surface area contributed by atoms with Gasteiger partial charge in [0.2, 0.25) is 0 Å². The summed E-state index contributed by atoms with van der Waals surface area (Å²) in [5.41, 5.74) is 15.7. The van der Waals surface area contributed by atoms with E-state index in [2.05, 4.69) is 240 Å². The highest BCUT2D eigenvalue weighted by Crippen LogP contribution is 2.45. The van der Waals surface area contributed by atoms with E-state index in [-0.39, 0.29) is 0 Å². The Labute approximate surface area is 353 Å². The number of para-hydroxylation sites is 2. The van der Waals surface area contributed by atoms with E-state index < -0.39 is 0 Å². The minimum Gasteiger partial charge on any atom is -0.456 e. The molecule has 0 aliphatic heterocycles. The van der Waals surface area contributed by atoms with Crippen LogP contribution in [-0.2, 0) is 0 Å². The first kappa shape index (κ1) is 34.9. The molecule has 12 rings (SSSR count). The summed E-state index contributed by atoms with van der Waals surface area (Å²) in [6.45, 7) is 0. The van der Waals surface area contributed by atoms with Gasteiger partial charge in [0.15, 0.2) is 0 Å². The van der Waals surface area contributed by atoms with E-state index in [1.165, 1.54) is 66.1 Å². The van der Waals surface area contributed by atoms with Crippen LogP contribution in [0.5, 0.6) is 0 Å². The average molecular weight is 779 g/mol. The SMILES string of the molecule is c1ccc(-c2ccc(N(c3ccc(-c4ccc(-c5ccc6c(c5)c5ccccc5n6-c5ccccc5)cc4)cc3)c3cccc4oc5ccc6ccccc6c5c34)cc2)cc1. The Morgan fingerprint density at radius 2 is 0.852 bits per heavy atom. The zero-order chi connectivity index (χ0) is 40.3. The van der Waals surface area contributed by atoms with Gasteiger partial charge >= 0.3 is 0 Å². The highest BCUT2D eigenvalue weighted by Gasteiger charge is 2.21. The number of rotatable bonds is 7. The molecule has 0 amide bonds. The monoisotopic (exact) mass is 778 g/mol. The number of nitrogens with zero attached hydrogens (tertiary/aromatic N) is 2. The van der Waals surface area contributed by atoms with Crippen LogP contribution in [0.4, 0.5) is 17.1 Å². The molecule has 10 aromatic carbocycles. The van der Waals surface area contributed by atoms with E-state index in [4.69, 9.17) is 4.42 Å². The van der Waals surface area contributed by atoms with Crippen molar-refractivity contribution in [2.24, 2.45) is 0 Å². The molecule has 0 fully saturated rings. The Bertz CT molecular complexity index is 3550. The largest absolute Gasteiger partial charge is 0.456 e. The number of hydrogen-bond acceptors (Lipinski definition) is 2. The number of aromatic nitrogens is 1. The van der Waals surface area contributed by atoms with Gasteiger partial charge in [0.25, 0.3) is 0 Å². The molecule has 61 heavy (non-hydrogen) atoms. The normalized spacial score (nSPS) is 11.6. The minimum absolute atomic E-state index is 0.868. The molecule has 0 N–H and O–H groups in total. The second kappa shape index (κ2) is 14.3. The predicted molar refractivity (Wildman–Crippen MR) is 257 cm³/mol. The smallest absolute Gasteiger partial charge is 0.137 e.